The van der Waals surface area contributed by atoms with Gasteiger partial charge in [-0.3, -0.25) is 19.6 Å². The van der Waals surface area contributed by atoms with Crippen LogP contribution in [0.4, 0.5) is 24.5 Å². The first-order valence-corrected chi connectivity index (χ1v) is 19.6. The van der Waals surface area contributed by atoms with E-state index in [1.807, 2.05) is 33.8 Å². The van der Waals surface area contributed by atoms with E-state index >= 15 is 4.39 Å². The number of carbonyl (C=O) groups is 2. The van der Waals surface area contributed by atoms with Crippen molar-refractivity contribution in [3.63, 3.8) is 0 Å². The standard InChI is InChI=1S/C31H27F3N4O5.C12H19NO.C2H6/c1-41-26-14-19-23(15-27(26)42-16-30(35)7-8-30)36-11-6-24(19)43-25-5-3-18(13-22(25)34)38-29(40)31(9-10-31)28(39)37-17-2-4-20(32)21(33)12-17;1-5-13-10(2)8-11(3)14-9-12(4)6-7-12;1-2/h2-6,11-15H,7-10,16,35H2,1H3,(H,37,39)(H,38,40);5,8H,3,6-7,9H2,1-2,4H3;1-2H3/b;10-8+,13-5?;. The van der Waals surface area contributed by atoms with Crippen molar-refractivity contribution in [2.24, 2.45) is 21.6 Å². The Morgan fingerprint density at radius 1 is 0.847 bits per heavy atom. The van der Waals surface area contributed by atoms with Gasteiger partial charge < -0.3 is 35.3 Å². The summed E-state index contributed by atoms with van der Waals surface area (Å²) in [4.78, 5) is 34.3. The Kier molecular flexibility index (Phi) is 14.1. The molecule has 1 heterocycles. The van der Waals surface area contributed by atoms with Gasteiger partial charge in [0.1, 0.15) is 23.5 Å². The van der Waals surface area contributed by atoms with E-state index in [0.717, 1.165) is 43.3 Å². The second-order valence-electron chi connectivity index (χ2n) is 15.1. The number of nitrogens with zero attached hydrogens (tertiary/aromatic N) is 2. The van der Waals surface area contributed by atoms with Crippen molar-refractivity contribution in [1.82, 2.24) is 4.98 Å². The topological polar surface area (TPSA) is 146 Å². The number of benzene rings is 3. The van der Waals surface area contributed by atoms with E-state index in [4.69, 9.17) is 24.7 Å². The molecule has 4 N–H and O–H groups in total. The second-order valence-corrected chi connectivity index (χ2v) is 15.1. The van der Waals surface area contributed by atoms with Crippen LogP contribution >= 0.6 is 0 Å². The van der Waals surface area contributed by atoms with Gasteiger partial charge in [0, 0.05) is 64.6 Å². The second kappa shape index (κ2) is 18.8. The fourth-order valence-electron chi connectivity index (χ4n) is 5.69. The number of hydrogen-bond acceptors (Lipinski definition) is 9. The molecule has 3 aliphatic rings. The van der Waals surface area contributed by atoms with Crippen LogP contribution in [0.5, 0.6) is 23.0 Å². The molecule has 1 aromatic heterocycles. The summed E-state index contributed by atoms with van der Waals surface area (Å²) in [6.45, 7) is 15.0. The van der Waals surface area contributed by atoms with Crippen molar-refractivity contribution in [3.8, 4) is 23.0 Å². The molecule has 314 valence electrons. The van der Waals surface area contributed by atoms with Crippen LogP contribution < -0.4 is 30.6 Å². The molecule has 3 saturated carbocycles. The molecule has 2 amide bonds. The number of rotatable bonds is 15. The van der Waals surface area contributed by atoms with Crippen LogP contribution in [0.3, 0.4) is 0 Å². The zero-order valence-electron chi connectivity index (χ0n) is 34.3. The van der Waals surface area contributed by atoms with Crippen molar-refractivity contribution in [3.05, 3.63) is 102 Å². The van der Waals surface area contributed by atoms with Gasteiger partial charge in [-0.15, -0.1) is 0 Å². The number of aromatic nitrogens is 1. The number of nitrogens with two attached hydrogens (primary N) is 1. The third kappa shape index (κ3) is 11.6. The fourth-order valence-corrected chi connectivity index (χ4v) is 5.69. The van der Waals surface area contributed by atoms with Gasteiger partial charge in [-0.25, -0.2) is 13.2 Å². The Bertz CT molecular complexity index is 2250. The van der Waals surface area contributed by atoms with Crippen LogP contribution in [0, 0.1) is 28.3 Å². The highest BCUT2D eigenvalue weighted by atomic mass is 19.2. The molecule has 0 radical (unpaired) electrons. The molecular formula is C45H52F3N5O6. The summed E-state index contributed by atoms with van der Waals surface area (Å²) in [7, 11) is 1.50. The number of aliphatic imine (C=N–C) groups is 1. The van der Waals surface area contributed by atoms with E-state index in [-0.39, 0.29) is 35.5 Å². The number of hydrogen-bond donors (Lipinski definition) is 3. The zero-order valence-corrected chi connectivity index (χ0v) is 34.3. The molecule has 11 nitrogen and oxygen atoms in total. The zero-order chi connectivity index (χ0) is 43.0. The van der Waals surface area contributed by atoms with E-state index in [0.29, 0.717) is 45.9 Å². The molecule has 0 aliphatic heterocycles. The summed E-state index contributed by atoms with van der Waals surface area (Å²) in [6, 6.07) is 11.7. The van der Waals surface area contributed by atoms with E-state index < -0.39 is 34.7 Å². The first-order valence-electron chi connectivity index (χ1n) is 19.6. The van der Waals surface area contributed by atoms with E-state index in [9.17, 15) is 18.4 Å². The molecule has 4 aromatic rings. The summed E-state index contributed by atoms with van der Waals surface area (Å²) >= 11 is 0. The highest BCUT2D eigenvalue weighted by Gasteiger charge is 2.56. The molecule has 0 spiro atoms. The average molecular weight is 816 g/mol. The number of anilines is 2. The largest absolute Gasteiger partial charge is 0.494 e. The third-order valence-electron chi connectivity index (χ3n) is 10.0. The Morgan fingerprint density at radius 2 is 1.49 bits per heavy atom. The van der Waals surface area contributed by atoms with E-state index in [1.54, 1.807) is 24.4 Å². The number of fused-ring (bicyclic) bond motifs is 1. The van der Waals surface area contributed by atoms with Gasteiger partial charge in [0.05, 0.1) is 24.8 Å². The van der Waals surface area contributed by atoms with Crippen LogP contribution in [-0.4, -0.2) is 48.9 Å². The highest BCUT2D eigenvalue weighted by molar-refractivity contribution is 6.16. The Balaban J connectivity index is 0.000000350. The first kappa shape index (κ1) is 44.2. The lowest BCUT2D eigenvalue weighted by Gasteiger charge is -2.17. The SMILES string of the molecule is C=C(/C=C(\C)N=CC)OCC1(C)CC1.CC.COc1cc2c(Oc3ccc(NC(=O)C4(C(=O)Nc5ccc(F)c(F)c5)CC4)cc3F)ccnc2cc1OCC1(N)CC1. The van der Waals surface area contributed by atoms with Crippen molar-refractivity contribution in [2.75, 3.05) is 31.0 Å². The predicted octanol–water partition coefficient (Wildman–Crippen LogP) is 10.0. The van der Waals surface area contributed by atoms with Crippen molar-refractivity contribution < 1.29 is 41.7 Å². The smallest absolute Gasteiger partial charge is 0.240 e. The molecule has 59 heavy (non-hydrogen) atoms. The number of allylic oxidation sites excluding steroid dienone is 2. The Morgan fingerprint density at radius 3 is 2.05 bits per heavy atom. The van der Waals surface area contributed by atoms with Crippen molar-refractivity contribution in [2.45, 2.75) is 78.7 Å². The minimum absolute atomic E-state index is 0.0164. The van der Waals surface area contributed by atoms with Gasteiger partial charge in [0.2, 0.25) is 11.8 Å². The Hall–Kier alpha value is -5.89. The quantitative estimate of drug-likeness (QED) is 0.0465. The molecule has 0 unspecified atom stereocenters. The molecule has 3 aromatic carbocycles. The summed E-state index contributed by atoms with van der Waals surface area (Å²) in [6.07, 6.45) is 9.98. The molecule has 0 saturated heterocycles. The summed E-state index contributed by atoms with van der Waals surface area (Å²) in [5.74, 6) is -2.43. The number of halogens is 3. The maximum absolute atomic E-state index is 15.1. The maximum atomic E-state index is 15.1. The van der Waals surface area contributed by atoms with Crippen LogP contribution in [-0.2, 0) is 14.3 Å². The lowest BCUT2D eigenvalue weighted by Crippen LogP contribution is -2.35. The molecule has 3 aliphatic carbocycles. The van der Waals surface area contributed by atoms with Gasteiger partial charge in [-0.2, -0.15) is 0 Å². The lowest BCUT2D eigenvalue weighted by atomic mass is 10.0. The predicted molar refractivity (Wildman–Crippen MR) is 223 cm³/mol. The molecule has 7 rings (SSSR count). The fraction of sp³-hybridized carbons (Fsp3) is 0.378. The van der Waals surface area contributed by atoms with Crippen molar-refractivity contribution >= 4 is 40.3 Å². The Labute approximate surface area is 342 Å². The summed E-state index contributed by atoms with van der Waals surface area (Å²) in [5.41, 5.74) is 6.42. The number of amides is 2. The molecule has 3 fully saturated rings. The van der Waals surface area contributed by atoms with Gasteiger partial charge in [-0.1, -0.05) is 27.4 Å². The molecular weight excluding hydrogens is 764 g/mol. The van der Waals surface area contributed by atoms with E-state index in [2.05, 4.69) is 34.1 Å². The summed E-state index contributed by atoms with van der Waals surface area (Å²) < 4.78 is 64.7. The van der Waals surface area contributed by atoms with Gasteiger partial charge >= 0.3 is 0 Å². The minimum atomic E-state index is -1.41. The van der Waals surface area contributed by atoms with E-state index in [1.165, 1.54) is 44.3 Å². The molecule has 0 atom stereocenters. The van der Waals surface area contributed by atoms with Crippen molar-refractivity contribution in [1.29, 1.82) is 0 Å². The number of methoxy groups -OCH3 is 1. The lowest BCUT2D eigenvalue weighted by molar-refractivity contribution is -0.131. The normalized spacial score (nSPS) is 16.3. The number of nitrogens with one attached hydrogen (secondary N) is 2. The number of carbonyl (C=O) groups excluding carboxylic acids is 2. The maximum Gasteiger partial charge on any atom is 0.240 e. The van der Waals surface area contributed by atoms with Crippen LogP contribution in [0.15, 0.2) is 89.9 Å². The van der Waals surface area contributed by atoms with Crippen LogP contribution in [0.25, 0.3) is 10.9 Å². The third-order valence-corrected chi connectivity index (χ3v) is 10.0. The first-order chi connectivity index (χ1) is 28.1. The molecule has 0 bridgehead atoms. The average Bonchev–Trinajstić information content (AvgIpc) is 4.14. The summed E-state index contributed by atoms with van der Waals surface area (Å²) in [5, 5.41) is 5.56. The highest BCUT2D eigenvalue weighted by Crippen LogP contribution is 2.48. The minimum Gasteiger partial charge on any atom is -0.494 e. The van der Waals surface area contributed by atoms with Gasteiger partial charge in [-0.05, 0) is 88.8 Å². The molecule has 14 heteroatoms. The van der Waals surface area contributed by atoms with Gasteiger partial charge in [0.15, 0.2) is 34.7 Å². The number of ether oxygens (including phenoxy) is 4. The monoisotopic (exact) mass is 815 g/mol. The van der Waals surface area contributed by atoms with Gasteiger partial charge in [0.25, 0.3) is 0 Å². The number of pyridine rings is 1. The van der Waals surface area contributed by atoms with Crippen LogP contribution in [0.1, 0.15) is 73.1 Å². The van der Waals surface area contributed by atoms with Crippen LogP contribution in [0.2, 0.25) is 0 Å².